The van der Waals surface area contributed by atoms with Crippen molar-refractivity contribution < 1.29 is 0 Å². The zero-order valence-electron chi connectivity index (χ0n) is 7.70. The van der Waals surface area contributed by atoms with E-state index in [4.69, 9.17) is 0 Å². The number of hydrogen-bond donors (Lipinski definition) is 1. The molecule has 2 heterocycles. The van der Waals surface area contributed by atoms with E-state index in [9.17, 15) is 0 Å². The molecular formula is C12H10N2. The predicted molar refractivity (Wildman–Crippen MR) is 58.2 cm³/mol. The van der Waals surface area contributed by atoms with Crippen molar-refractivity contribution in [2.24, 2.45) is 0 Å². The topological polar surface area (TPSA) is 24.9 Å². The summed E-state index contributed by atoms with van der Waals surface area (Å²) in [5, 5.41) is 4.49. The minimum atomic E-state index is 1.01. The Morgan fingerprint density at radius 1 is 1.21 bits per heavy atom. The van der Waals surface area contributed by atoms with Gasteiger partial charge in [0.15, 0.2) is 0 Å². The average molecular weight is 182 g/mol. The monoisotopic (exact) mass is 182 g/mol. The van der Waals surface area contributed by atoms with Crippen molar-refractivity contribution in [3.63, 3.8) is 0 Å². The first-order valence-corrected chi connectivity index (χ1v) is 4.73. The molecule has 2 nitrogen and oxygen atoms in total. The van der Waals surface area contributed by atoms with E-state index >= 15 is 0 Å². The van der Waals surface area contributed by atoms with E-state index < -0.39 is 0 Å². The van der Waals surface area contributed by atoms with Gasteiger partial charge in [-0.3, -0.25) is 4.98 Å². The van der Waals surface area contributed by atoms with Gasteiger partial charge in [0.2, 0.25) is 0 Å². The Balaban J connectivity index is 2.37. The minimum Gasteiger partial charge on any atom is -0.361 e. The van der Waals surface area contributed by atoms with Crippen molar-refractivity contribution >= 4 is 16.6 Å². The maximum Gasteiger partial charge on any atom is 0.0723 e. The van der Waals surface area contributed by atoms with E-state index in [1.165, 1.54) is 16.6 Å². The average Bonchev–Trinajstić information content (AvgIpc) is 2.29. The summed E-state index contributed by atoms with van der Waals surface area (Å²) >= 11 is 0. The molecular weight excluding hydrogens is 172 g/mol. The molecule has 68 valence electrons. The molecule has 1 N–H and O–H groups in total. The fraction of sp³-hybridized carbons (Fsp3) is 0.0833. The molecule has 3 rings (SSSR count). The van der Waals surface area contributed by atoms with Crippen LogP contribution in [0.1, 0.15) is 5.56 Å². The largest absolute Gasteiger partial charge is 0.361 e. The van der Waals surface area contributed by atoms with Crippen LogP contribution in [0.25, 0.3) is 10.9 Å². The minimum absolute atomic E-state index is 1.01. The van der Waals surface area contributed by atoms with Crippen molar-refractivity contribution in [3.8, 4) is 0 Å². The van der Waals surface area contributed by atoms with Crippen LogP contribution in [0, 0.1) is 0 Å². The lowest BCUT2D eigenvalue weighted by Gasteiger charge is -2.14. The Morgan fingerprint density at radius 2 is 2.21 bits per heavy atom. The van der Waals surface area contributed by atoms with Crippen molar-refractivity contribution in [1.29, 1.82) is 0 Å². The van der Waals surface area contributed by atoms with Crippen LogP contribution in [0.15, 0.2) is 42.7 Å². The molecule has 1 aliphatic heterocycles. The maximum atomic E-state index is 4.33. The Hall–Kier alpha value is -1.83. The first kappa shape index (κ1) is 7.56. The summed E-state index contributed by atoms with van der Waals surface area (Å²) in [6.45, 7) is 0. The Labute approximate surface area is 82.3 Å². The Kier molecular flexibility index (Phi) is 1.53. The number of pyridine rings is 1. The number of nitrogens with one attached hydrogen (secondary N) is 1. The molecule has 0 bridgehead atoms. The highest BCUT2D eigenvalue weighted by Gasteiger charge is 2.08. The molecule has 1 aliphatic rings. The fourth-order valence-corrected chi connectivity index (χ4v) is 1.87. The lowest BCUT2D eigenvalue weighted by molar-refractivity contribution is 1.23. The smallest absolute Gasteiger partial charge is 0.0723 e. The van der Waals surface area contributed by atoms with E-state index in [2.05, 4.69) is 34.6 Å². The third kappa shape index (κ3) is 1.01. The van der Waals surface area contributed by atoms with E-state index in [0.29, 0.717) is 0 Å². The zero-order valence-corrected chi connectivity index (χ0v) is 7.70. The standard InChI is InChI=1S/C12H10N2/c1-3-9-5-6-11-10(4-2-7-13-11)12(9)14-8-1/h1-2,4-8,14H,3H2. The molecule has 0 radical (unpaired) electrons. The molecule has 0 aliphatic carbocycles. The molecule has 0 atom stereocenters. The van der Waals surface area contributed by atoms with E-state index in [-0.39, 0.29) is 0 Å². The highest BCUT2D eigenvalue weighted by atomic mass is 14.9. The Morgan fingerprint density at radius 3 is 3.21 bits per heavy atom. The van der Waals surface area contributed by atoms with Crippen LogP contribution < -0.4 is 5.32 Å². The maximum absolute atomic E-state index is 4.33. The fourth-order valence-electron chi connectivity index (χ4n) is 1.87. The molecule has 2 heteroatoms. The van der Waals surface area contributed by atoms with Crippen LogP contribution in [-0.2, 0) is 6.42 Å². The third-order valence-electron chi connectivity index (χ3n) is 2.55. The van der Waals surface area contributed by atoms with E-state index in [0.717, 1.165) is 11.9 Å². The van der Waals surface area contributed by atoms with Crippen molar-refractivity contribution in [2.45, 2.75) is 6.42 Å². The van der Waals surface area contributed by atoms with E-state index in [1.807, 2.05) is 18.5 Å². The summed E-state index contributed by atoms with van der Waals surface area (Å²) in [6, 6.07) is 8.30. The molecule has 0 amide bonds. The molecule has 0 fully saturated rings. The lowest BCUT2D eigenvalue weighted by atomic mass is 10.0. The molecule has 0 saturated heterocycles. The van der Waals surface area contributed by atoms with Crippen LogP contribution in [0.4, 0.5) is 5.69 Å². The molecule has 2 aromatic rings. The predicted octanol–water partition coefficient (Wildman–Crippen LogP) is 2.72. The summed E-state index contributed by atoms with van der Waals surface area (Å²) < 4.78 is 0. The van der Waals surface area contributed by atoms with Gasteiger partial charge in [0.25, 0.3) is 0 Å². The third-order valence-corrected chi connectivity index (χ3v) is 2.55. The molecule has 1 aromatic carbocycles. The highest BCUT2D eigenvalue weighted by Crippen LogP contribution is 2.28. The van der Waals surface area contributed by atoms with Gasteiger partial charge in [0, 0.05) is 11.6 Å². The van der Waals surface area contributed by atoms with Gasteiger partial charge in [-0.15, -0.1) is 0 Å². The summed E-state index contributed by atoms with van der Waals surface area (Å²) in [4.78, 5) is 4.33. The quantitative estimate of drug-likeness (QED) is 0.677. The molecule has 0 saturated carbocycles. The van der Waals surface area contributed by atoms with Crippen molar-refractivity contribution in [2.75, 3.05) is 5.32 Å². The number of rotatable bonds is 0. The number of anilines is 1. The number of nitrogens with zero attached hydrogens (tertiary/aromatic N) is 1. The number of allylic oxidation sites excluding steroid dienone is 1. The van der Waals surface area contributed by atoms with Crippen LogP contribution >= 0.6 is 0 Å². The molecule has 0 spiro atoms. The molecule has 1 aromatic heterocycles. The first-order valence-electron chi connectivity index (χ1n) is 4.73. The summed E-state index contributed by atoms with van der Waals surface area (Å²) in [7, 11) is 0. The number of aromatic nitrogens is 1. The number of benzene rings is 1. The van der Waals surface area contributed by atoms with Crippen molar-refractivity contribution in [1.82, 2.24) is 4.98 Å². The Bertz CT molecular complexity index is 515. The highest BCUT2D eigenvalue weighted by molar-refractivity contribution is 5.93. The van der Waals surface area contributed by atoms with Gasteiger partial charge in [-0.1, -0.05) is 12.1 Å². The van der Waals surface area contributed by atoms with E-state index in [1.54, 1.807) is 0 Å². The van der Waals surface area contributed by atoms with Gasteiger partial charge in [0.1, 0.15) is 0 Å². The zero-order chi connectivity index (χ0) is 9.38. The normalized spacial score (nSPS) is 13.7. The van der Waals surface area contributed by atoms with Crippen LogP contribution in [0.5, 0.6) is 0 Å². The van der Waals surface area contributed by atoms with Gasteiger partial charge in [-0.2, -0.15) is 0 Å². The second kappa shape index (κ2) is 2.84. The number of fused-ring (bicyclic) bond motifs is 3. The number of hydrogen-bond acceptors (Lipinski definition) is 2. The van der Waals surface area contributed by atoms with Crippen LogP contribution in [-0.4, -0.2) is 4.98 Å². The first-order chi connectivity index (χ1) is 6.95. The van der Waals surface area contributed by atoms with Crippen LogP contribution in [0.2, 0.25) is 0 Å². The van der Waals surface area contributed by atoms with Gasteiger partial charge in [-0.05, 0) is 36.4 Å². The van der Waals surface area contributed by atoms with Gasteiger partial charge < -0.3 is 5.32 Å². The summed E-state index contributed by atoms with van der Waals surface area (Å²) in [6.07, 6.45) is 6.96. The second-order valence-corrected chi connectivity index (χ2v) is 3.42. The molecule has 0 unspecified atom stereocenters. The van der Waals surface area contributed by atoms with Crippen LogP contribution in [0.3, 0.4) is 0 Å². The van der Waals surface area contributed by atoms with Gasteiger partial charge in [-0.25, -0.2) is 0 Å². The van der Waals surface area contributed by atoms with Crippen molar-refractivity contribution in [3.05, 3.63) is 48.3 Å². The summed E-state index contributed by atoms with van der Waals surface area (Å²) in [5.41, 5.74) is 3.60. The SMILES string of the molecule is C1=CNc2c(ccc3ncccc23)C1. The van der Waals surface area contributed by atoms with Gasteiger partial charge in [0.05, 0.1) is 11.2 Å². The molecule has 14 heavy (non-hydrogen) atoms. The lowest BCUT2D eigenvalue weighted by Crippen LogP contribution is -2.00. The summed E-state index contributed by atoms with van der Waals surface area (Å²) in [5.74, 6) is 0. The van der Waals surface area contributed by atoms with Gasteiger partial charge >= 0.3 is 0 Å². The second-order valence-electron chi connectivity index (χ2n) is 3.42.